The molecule has 0 radical (unpaired) electrons. The van der Waals surface area contributed by atoms with Crippen molar-refractivity contribution < 1.29 is 38.7 Å². The molecular formula is C33H45NO8. The summed E-state index contributed by atoms with van der Waals surface area (Å²) in [6.45, 7) is 11.2. The summed E-state index contributed by atoms with van der Waals surface area (Å²) in [5, 5.41) is 22.0. The van der Waals surface area contributed by atoms with Gasteiger partial charge in [0.05, 0.1) is 17.6 Å². The van der Waals surface area contributed by atoms with Gasteiger partial charge >= 0.3 is 11.9 Å². The van der Waals surface area contributed by atoms with Crippen LogP contribution in [0.1, 0.15) is 90.2 Å². The highest BCUT2D eigenvalue weighted by Crippen LogP contribution is 2.55. The molecule has 230 valence electrons. The summed E-state index contributed by atoms with van der Waals surface area (Å²) in [4.78, 5) is 29.2. The van der Waals surface area contributed by atoms with Crippen LogP contribution in [0.3, 0.4) is 0 Å². The highest BCUT2D eigenvalue weighted by atomic mass is 16.7. The molecule has 9 nitrogen and oxygen atoms in total. The van der Waals surface area contributed by atoms with Gasteiger partial charge in [-0.2, -0.15) is 0 Å². The van der Waals surface area contributed by atoms with Crippen LogP contribution in [-0.2, 0) is 25.5 Å². The van der Waals surface area contributed by atoms with E-state index >= 15 is 0 Å². The van der Waals surface area contributed by atoms with Crippen molar-refractivity contribution in [1.29, 1.82) is 0 Å². The van der Waals surface area contributed by atoms with Crippen LogP contribution in [0.15, 0.2) is 35.4 Å². The van der Waals surface area contributed by atoms with Gasteiger partial charge in [0, 0.05) is 12.5 Å². The average Bonchev–Trinajstić information content (AvgIpc) is 3.56. The molecule has 4 aliphatic rings. The van der Waals surface area contributed by atoms with E-state index in [1.165, 1.54) is 0 Å². The maximum atomic E-state index is 13.9. The second-order valence-electron chi connectivity index (χ2n) is 13.3. The van der Waals surface area contributed by atoms with Gasteiger partial charge in [-0.1, -0.05) is 11.6 Å². The third-order valence-corrected chi connectivity index (χ3v) is 9.15. The van der Waals surface area contributed by atoms with Gasteiger partial charge in [-0.3, -0.25) is 9.69 Å². The topological polar surface area (TPSA) is 115 Å². The quantitative estimate of drug-likeness (QED) is 0.307. The Hall–Kier alpha value is -2.88. The predicted molar refractivity (Wildman–Crippen MR) is 156 cm³/mol. The first-order valence-electron chi connectivity index (χ1n) is 15.1. The van der Waals surface area contributed by atoms with Crippen molar-refractivity contribution in [3.05, 3.63) is 46.6 Å². The van der Waals surface area contributed by atoms with Gasteiger partial charge in [0.25, 0.3) is 0 Å². The third kappa shape index (κ3) is 6.10. The fraction of sp³-hybridized carbons (Fsp3) is 0.636. The molecule has 1 spiro atoms. The lowest BCUT2D eigenvalue weighted by Crippen LogP contribution is -2.49. The van der Waals surface area contributed by atoms with Gasteiger partial charge in [0.2, 0.25) is 6.79 Å². The summed E-state index contributed by atoms with van der Waals surface area (Å²) in [5.74, 6) is -0.301. The number of benzene rings is 1. The Balaban J connectivity index is 1.44. The van der Waals surface area contributed by atoms with E-state index in [0.29, 0.717) is 18.6 Å². The monoisotopic (exact) mass is 583 g/mol. The smallest absolute Gasteiger partial charge is 0.339 e. The molecule has 0 amide bonds. The Kier molecular flexibility index (Phi) is 8.49. The van der Waals surface area contributed by atoms with E-state index in [0.717, 1.165) is 60.4 Å². The Morgan fingerprint density at radius 2 is 1.88 bits per heavy atom. The van der Waals surface area contributed by atoms with E-state index < -0.39 is 35.7 Å². The number of rotatable bonds is 10. The Morgan fingerprint density at radius 1 is 1.14 bits per heavy atom. The van der Waals surface area contributed by atoms with Gasteiger partial charge in [0.15, 0.2) is 17.1 Å². The van der Waals surface area contributed by atoms with E-state index in [4.69, 9.17) is 18.9 Å². The van der Waals surface area contributed by atoms with Crippen LogP contribution in [0.4, 0.5) is 0 Å². The minimum atomic E-state index is -2.10. The summed E-state index contributed by atoms with van der Waals surface area (Å²) in [6.07, 6.45) is 6.31. The number of ether oxygens (including phenoxy) is 4. The summed E-state index contributed by atoms with van der Waals surface area (Å²) in [5.41, 5.74) is 0.751. The lowest BCUT2D eigenvalue weighted by atomic mass is 9.77. The zero-order valence-electron chi connectivity index (χ0n) is 25.5. The molecule has 0 bridgehead atoms. The van der Waals surface area contributed by atoms with Crippen molar-refractivity contribution in [3.8, 4) is 11.5 Å². The molecule has 42 heavy (non-hydrogen) atoms. The normalized spacial score (nSPS) is 25.8. The van der Waals surface area contributed by atoms with Crippen LogP contribution in [0.5, 0.6) is 11.5 Å². The maximum absolute atomic E-state index is 13.9. The van der Waals surface area contributed by atoms with Gasteiger partial charge in [-0.15, -0.1) is 0 Å². The second kappa shape index (κ2) is 11.7. The van der Waals surface area contributed by atoms with Crippen molar-refractivity contribution in [2.75, 3.05) is 26.5 Å². The largest absolute Gasteiger partial charge is 0.461 e. The molecule has 1 saturated heterocycles. The first kappa shape index (κ1) is 30.6. The number of hydrogen-bond donors (Lipinski definition) is 2. The summed E-state index contributed by atoms with van der Waals surface area (Å²) < 4.78 is 23.0. The Labute approximate surface area is 248 Å². The van der Waals surface area contributed by atoms with Crippen LogP contribution in [0.2, 0.25) is 0 Å². The molecule has 1 aromatic carbocycles. The van der Waals surface area contributed by atoms with Crippen LogP contribution >= 0.6 is 0 Å². The molecular weight excluding hydrogens is 538 g/mol. The zero-order valence-corrected chi connectivity index (χ0v) is 25.5. The molecule has 0 saturated carbocycles. The fourth-order valence-electron chi connectivity index (χ4n) is 7.09. The number of aliphatic hydroxyl groups is 2. The Bertz CT molecular complexity index is 1280. The molecule has 9 heteroatoms. The SMILES string of the molecule is CC(C)=CCOC(=O)CC(O)(CCCC(C)(C)O)C(=O)OC1C(C)=C[C@]23CCCN2CCc2cc4c(cc2[C@H]13)OCO4. The van der Waals surface area contributed by atoms with Crippen LogP contribution in [-0.4, -0.2) is 76.4 Å². The van der Waals surface area contributed by atoms with Gasteiger partial charge in [-0.05, 0) is 115 Å². The lowest BCUT2D eigenvalue weighted by molar-refractivity contribution is -0.177. The van der Waals surface area contributed by atoms with Gasteiger partial charge in [-0.25, -0.2) is 4.79 Å². The van der Waals surface area contributed by atoms with Crippen LogP contribution in [0, 0.1) is 0 Å². The van der Waals surface area contributed by atoms with Crippen molar-refractivity contribution in [1.82, 2.24) is 4.90 Å². The summed E-state index contributed by atoms with van der Waals surface area (Å²) in [6, 6.07) is 4.09. The number of hydrogen-bond acceptors (Lipinski definition) is 9. The zero-order chi connectivity index (χ0) is 30.3. The van der Waals surface area contributed by atoms with E-state index in [9.17, 15) is 19.8 Å². The minimum Gasteiger partial charge on any atom is -0.461 e. The Morgan fingerprint density at radius 3 is 2.60 bits per heavy atom. The molecule has 1 aromatic rings. The molecule has 2 unspecified atom stereocenters. The van der Waals surface area contributed by atoms with E-state index in [1.807, 2.05) is 26.8 Å². The molecule has 1 fully saturated rings. The molecule has 0 aromatic heterocycles. The van der Waals surface area contributed by atoms with Crippen molar-refractivity contribution in [2.45, 2.75) is 108 Å². The summed E-state index contributed by atoms with van der Waals surface area (Å²) >= 11 is 0. The number of carbonyl (C=O) groups is 2. The van der Waals surface area contributed by atoms with Crippen molar-refractivity contribution in [2.24, 2.45) is 0 Å². The minimum absolute atomic E-state index is 0.0414. The number of nitrogens with zero attached hydrogens (tertiary/aromatic N) is 1. The van der Waals surface area contributed by atoms with Crippen molar-refractivity contribution in [3.63, 3.8) is 0 Å². The molecule has 4 atom stereocenters. The first-order chi connectivity index (χ1) is 19.8. The first-order valence-corrected chi connectivity index (χ1v) is 15.1. The summed E-state index contributed by atoms with van der Waals surface area (Å²) in [7, 11) is 0. The predicted octanol–water partition coefficient (Wildman–Crippen LogP) is 4.33. The highest BCUT2D eigenvalue weighted by Gasteiger charge is 2.57. The van der Waals surface area contributed by atoms with E-state index in [-0.39, 0.29) is 31.3 Å². The molecule has 2 N–H and O–H groups in total. The van der Waals surface area contributed by atoms with Crippen LogP contribution in [0.25, 0.3) is 0 Å². The highest BCUT2D eigenvalue weighted by molar-refractivity contribution is 5.86. The molecule has 3 aliphatic heterocycles. The standard InChI is InChI=1S/C33H45NO8/c1-21(2)9-15-39-27(35)19-33(38,12-6-10-31(4,5)37)30(36)42-29-22(3)18-32-11-7-13-34(32)14-8-23-16-25-26(41-20-40-25)17-24(23)28(29)32/h9,16-18,28-29,37-38H,6-8,10-15,19-20H2,1-5H3/t28-,29?,32+,33?/m1/s1. The third-order valence-electron chi connectivity index (χ3n) is 9.15. The lowest BCUT2D eigenvalue weighted by Gasteiger charge is -2.40. The van der Waals surface area contributed by atoms with Gasteiger partial charge < -0.3 is 29.2 Å². The number of esters is 2. The average molecular weight is 584 g/mol. The number of allylic oxidation sites excluding steroid dienone is 1. The van der Waals surface area contributed by atoms with Crippen molar-refractivity contribution >= 4 is 11.9 Å². The van der Waals surface area contributed by atoms with E-state index in [1.54, 1.807) is 19.9 Å². The fourth-order valence-corrected chi connectivity index (χ4v) is 7.09. The molecule has 5 rings (SSSR count). The number of fused-ring (bicyclic) bond motifs is 3. The molecule has 1 aliphatic carbocycles. The number of carbonyl (C=O) groups excluding carboxylic acids is 2. The molecule has 3 heterocycles. The van der Waals surface area contributed by atoms with E-state index in [2.05, 4.69) is 17.0 Å². The maximum Gasteiger partial charge on any atom is 0.339 e. The van der Waals surface area contributed by atoms with Gasteiger partial charge in [0.1, 0.15) is 12.7 Å². The second-order valence-corrected chi connectivity index (χ2v) is 13.3. The van der Waals surface area contributed by atoms with Crippen LogP contribution < -0.4 is 9.47 Å².